The standard InChI is InChI=1S/C9H6BrClN4O/c10-6-2-1-4(11)3-5(6)7-13-8(12)15-9(16)14-7/h1-3H,(H3,12,13,14,15,16). The number of aromatic nitrogens is 3. The molecule has 0 radical (unpaired) electrons. The molecule has 2 aromatic rings. The van der Waals surface area contributed by atoms with Crippen molar-refractivity contribution >= 4 is 33.5 Å². The number of nitrogens with zero attached hydrogens (tertiary/aromatic N) is 2. The highest BCUT2D eigenvalue weighted by Crippen LogP contribution is 2.27. The Morgan fingerprint density at radius 3 is 2.81 bits per heavy atom. The van der Waals surface area contributed by atoms with Crippen LogP contribution >= 0.6 is 27.5 Å². The highest BCUT2D eigenvalue weighted by molar-refractivity contribution is 9.10. The van der Waals surface area contributed by atoms with Gasteiger partial charge in [0, 0.05) is 15.1 Å². The summed E-state index contributed by atoms with van der Waals surface area (Å²) in [6.07, 6.45) is 0. The predicted molar refractivity (Wildman–Crippen MR) is 65.2 cm³/mol. The van der Waals surface area contributed by atoms with Crippen molar-refractivity contribution in [2.24, 2.45) is 0 Å². The summed E-state index contributed by atoms with van der Waals surface area (Å²) in [4.78, 5) is 21.0. The van der Waals surface area contributed by atoms with Gasteiger partial charge in [0.25, 0.3) is 0 Å². The first-order chi connectivity index (χ1) is 7.56. The fourth-order valence-electron chi connectivity index (χ4n) is 1.21. The van der Waals surface area contributed by atoms with E-state index in [1.807, 2.05) is 0 Å². The van der Waals surface area contributed by atoms with Gasteiger partial charge in [-0.25, -0.2) is 4.79 Å². The third kappa shape index (κ3) is 2.23. The maximum Gasteiger partial charge on any atom is 0.349 e. The van der Waals surface area contributed by atoms with Gasteiger partial charge in [0.1, 0.15) is 5.82 Å². The number of benzene rings is 1. The summed E-state index contributed by atoms with van der Waals surface area (Å²) in [5, 5.41) is 0.538. The molecule has 16 heavy (non-hydrogen) atoms. The molecule has 0 bridgehead atoms. The Hall–Kier alpha value is -1.40. The number of H-pyrrole nitrogens is 1. The lowest BCUT2D eigenvalue weighted by atomic mass is 10.2. The van der Waals surface area contributed by atoms with Crippen molar-refractivity contribution in [1.29, 1.82) is 0 Å². The van der Waals surface area contributed by atoms with Crippen LogP contribution in [0.2, 0.25) is 5.02 Å². The van der Waals surface area contributed by atoms with Crippen molar-refractivity contribution < 1.29 is 0 Å². The molecule has 0 aliphatic rings. The van der Waals surface area contributed by atoms with Gasteiger partial charge >= 0.3 is 5.69 Å². The van der Waals surface area contributed by atoms with Crippen molar-refractivity contribution in [2.75, 3.05) is 5.73 Å². The van der Waals surface area contributed by atoms with E-state index in [-0.39, 0.29) is 5.95 Å². The van der Waals surface area contributed by atoms with Crippen molar-refractivity contribution in [3.8, 4) is 11.4 Å². The van der Waals surface area contributed by atoms with Crippen LogP contribution in [0, 0.1) is 0 Å². The zero-order valence-electron chi connectivity index (χ0n) is 7.87. The Balaban J connectivity index is 2.66. The number of rotatable bonds is 1. The van der Waals surface area contributed by atoms with Crippen LogP contribution < -0.4 is 11.4 Å². The van der Waals surface area contributed by atoms with E-state index >= 15 is 0 Å². The minimum atomic E-state index is -0.547. The molecular weight excluding hydrogens is 295 g/mol. The first kappa shape index (κ1) is 11.1. The Kier molecular flexibility index (Phi) is 2.93. The van der Waals surface area contributed by atoms with E-state index in [4.69, 9.17) is 17.3 Å². The third-order valence-corrected chi connectivity index (χ3v) is 2.78. The zero-order chi connectivity index (χ0) is 11.7. The fourth-order valence-corrected chi connectivity index (χ4v) is 1.81. The minimum absolute atomic E-state index is 0.0781. The highest BCUT2D eigenvalue weighted by Gasteiger charge is 2.08. The monoisotopic (exact) mass is 300 g/mol. The van der Waals surface area contributed by atoms with Crippen LogP contribution in [0.5, 0.6) is 0 Å². The van der Waals surface area contributed by atoms with Gasteiger partial charge in [0.2, 0.25) is 5.95 Å². The van der Waals surface area contributed by atoms with Crippen LogP contribution in [-0.4, -0.2) is 15.0 Å². The molecule has 0 aliphatic carbocycles. The number of nitrogens with one attached hydrogen (secondary N) is 1. The molecule has 7 heteroatoms. The number of aromatic amines is 1. The van der Waals surface area contributed by atoms with E-state index in [0.29, 0.717) is 16.4 Å². The summed E-state index contributed by atoms with van der Waals surface area (Å²) < 4.78 is 0.755. The lowest BCUT2D eigenvalue weighted by molar-refractivity contribution is 1.01. The SMILES string of the molecule is Nc1nc(-c2cc(Cl)ccc2Br)[nH]c(=O)n1. The van der Waals surface area contributed by atoms with Crippen molar-refractivity contribution in [3.05, 3.63) is 38.2 Å². The van der Waals surface area contributed by atoms with Gasteiger partial charge < -0.3 is 5.73 Å². The van der Waals surface area contributed by atoms with E-state index in [1.54, 1.807) is 18.2 Å². The second-order valence-electron chi connectivity index (χ2n) is 2.98. The Morgan fingerprint density at radius 2 is 2.12 bits per heavy atom. The molecule has 2 rings (SSSR count). The van der Waals surface area contributed by atoms with Crippen LogP contribution in [0.25, 0.3) is 11.4 Å². The van der Waals surface area contributed by atoms with Gasteiger partial charge in [-0.2, -0.15) is 9.97 Å². The lowest BCUT2D eigenvalue weighted by Gasteiger charge is -2.04. The number of hydrogen-bond donors (Lipinski definition) is 2. The molecule has 3 N–H and O–H groups in total. The maximum atomic E-state index is 11.1. The number of hydrogen-bond acceptors (Lipinski definition) is 4. The smallest absolute Gasteiger partial charge is 0.349 e. The van der Waals surface area contributed by atoms with Gasteiger partial charge in [-0.1, -0.05) is 27.5 Å². The van der Waals surface area contributed by atoms with Crippen LogP contribution in [0.3, 0.4) is 0 Å². The second kappa shape index (κ2) is 4.23. The summed E-state index contributed by atoms with van der Waals surface area (Å²) >= 11 is 9.19. The van der Waals surface area contributed by atoms with Gasteiger partial charge in [-0.05, 0) is 18.2 Å². The van der Waals surface area contributed by atoms with Crippen LogP contribution in [0.4, 0.5) is 5.95 Å². The molecule has 0 saturated carbocycles. The number of halogens is 2. The summed E-state index contributed by atoms with van der Waals surface area (Å²) in [5.74, 6) is 0.248. The largest absolute Gasteiger partial charge is 0.368 e. The molecule has 0 unspecified atom stereocenters. The number of anilines is 1. The first-order valence-electron chi connectivity index (χ1n) is 4.25. The van der Waals surface area contributed by atoms with Crippen molar-refractivity contribution in [1.82, 2.24) is 15.0 Å². The van der Waals surface area contributed by atoms with Crippen LogP contribution in [0.1, 0.15) is 0 Å². The lowest BCUT2D eigenvalue weighted by Crippen LogP contribution is -2.15. The Labute approximate surface area is 104 Å². The normalized spacial score (nSPS) is 10.4. The first-order valence-corrected chi connectivity index (χ1v) is 5.42. The molecule has 0 amide bonds. The molecule has 1 heterocycles. The average molecular weight is 302 g/mol. The summed E-state index contributed by atoms with van der Waals surface area (Å²) in [6.45, 7) is 0. The molecule has 0 spiro atoms. The van der Waals surface area contributed by atoms with Crippen LogP contribution in [-0.2, 0) is 0 Å². The second-order valence-corrected chi connectivity index (χ2v) is 4.28. The number of nitrogen functional groups attached to an aromatic ring is 1. The van der Waals surface area contributed by atoms with E-state index in [2.05, 4.69) is 30.9 Å². The zero-order valence-corrected chi connectivity index (χ0v) is 10.2. The van der Waals surface area contributed by atoms with Gasteiger partial charge in [0.15, 0.2) is 0 Å². The molecule has 0 atom stereocenters. The van der Waals surface area contributed by atoms with Crippen LogP contribution in [0.15, 0.2) is 27.5 Å². The average Bonchev–Trinajstić information content (AvgIpc) is 2.20. The molecule has 0 saturated heterocycles. The highest BCUT2D eigenvalue weighted by atomic mass is 79.9. The third-order valence-electron chi connectivity index (χ3n) is 1.85. The molecule has 0 fully saturated rings. The Bertz CT molecular complexity index is 598. The molecule has 1 aromatic carbocycles. The van der Waals surface area contributed by atoms with Gasteiger partial charge in [-0.15, -0.1) is 0 Å². The summed E-state index contributed by atoms with van der Waals surface area (Å²) in [5.41, 5.74) is 5.50. The Morgan fingerprint density at radius 1 is 1.38 bits per heavy atom. The number of nitrogens with two attached hydrogens (primary N) is 1. The molecule has 0 aliphatic heterocycles. The quantitative estimate of drug-likeness (QED) is 0.841. The summed E-state index contributed by atoms with van der Waals surface area (Å²) in [7, 11) is 0. The predicted octanol–water partition coefficient (Wildman–Crippen LogP) is 1.83. The fraction of sp³-hybridized carbons (Fsp3) is 0. The van der Waals surface area contributed by atoms with Gasteiger partial charge in [-0.3, -0.25) is 4.98 Å². The van der Waals surface area contributed by atoms with E-state index < -0.39 is 5.69 Å². The van der Waals surface area contributed by atoms with E-state index in [0.717, 1.165) is 4.47 Å². The minimum Gasteiger partial charge on any atom is -0.368 e. The molecular formula is C9H6BrClN4O. The van der Waals surface area contributed by atoms with E-state index in [1.165, 1.54) is 0 Å². The van der Waals surface area contributed by atoms with Gasteiger partial charge in [0.05, 0.1) is 0 Å². The summed E-state index contributed by atoms with van der Waals surface area (Å²) in [6, 6.07) is 5.15. The molecule has 82 valence electrons. The molecule has 5 nitrogen and oxygen atoms in total. The van der Waals surface area contributed by atoms with Crippen molar-refractivity contribution in [2.45, 2.75) is 0 Å². The molecule has 1 aromatic heterocycles. The van der Waals surface area contributed by atoms with Crippen molar-refractivity contribution in [3.63, 3.8) is 0 Å². The maximum absolute atomic E-state index is 11.1. The van der Waals surface area contributed by atoms with E-state index in [9.17, 15) is 4.79 Å². The topological polar surface area (TPSA) is 84.7 Å².